The van der Waals surface area contributed by atoms with E-state index < -0.39 is 0 Å². The van der Waals surface area contributed by atoms with E-state index >= 15 is 0 Å². The molecule has 9 heteroatoms. The highest BCUT2D eigenvalue weighted by molar-refractivity contribution is 14.0. The Bertz CT molecular complexity index is 1010. The number of nitrogens with one attached hydrogen (secondary N) is 1. The number of piperazine rings is 1. The van der Waals surface area contributed by atoms with Crippen LogP contribution in [0.2, 0.25) is 0 Å². The Hall–Kier alpha value is -2.40. The molecule has 4 rings (SSSR count). The van der Waals surface area contributed by atoms with Gasteiger partial charge in [0.1, 0.15) is 6.26 Å². The standard InChI is InChI=1S/C24H33N7O.HI/c1-4-25-24(30-13-11-29(12-14-30)18-22-10-15-32-28-22)26-16-23-19(2)27-31(20(23)3)17-21-8-6-5-7-9-21;/h5-10,15H,4,11-14,16-18H2,1-3H3,(H,25,26);1H. The number of benzene rings is 1. The Balaban J connectivity index is 0.00000306. The average molecular weight is 563 g/mol. The second-order valence-corrected chi connectivity index (χ2v) is 8.22. The Labute approximate surface area is 213 Å². The number of rotatable bonds is 7. The van der Waals surface area contributed by atoms with Crippen LogP contribution >= 0.6 is 24.0 Å². The van der Waals surface area contributed by atoms with Gasteiger partial charge in [-0.15, -0.1) is 24.0 Å². The van der Waals surface area contributed by atoms with Crippen molar-refractivity contribution in [1.82, 2.24) is 30.1 Å². The van der Waals surface area contributed by atoms with Crippen LogP contribution in [0.3, 0.4) is 0 Å². The lowest BCUT2D eigenvalue weighted by atomic mass is 10.2. The van der Waals surface area contributed by atoms with Crippen LogP contribution in [-0.2, 0) is 19.6 Å². The van der Waals surface area contributed by atoms with Gasteiger partial charge in [-0.1, -0.05) is 35.5 Å². The molecule has 33 heavy (non-hydrogen) atoms. The fourth-order valence-corrected chi connectivity index (χ4v) is 4.12. The fraction of sp³-hybridized carbons (Fsp3) is 0.458. The first-order valence-corrected chi connectivity index (χ1v) is 11.4. The minimum absolute atomic E-state index is 0. The molecule has 0 radical (unpaired) electrons. The van der Waals surface area contributed by atoms with Crippen LogP contribution in [0, 0.1) is 13.8 Å². The molecule has 178 valence electrons. The van der Waals surface area contributed by atoms with Crippen LogP contribution in [0.4, 0.5) is 0 Å². The number of aliphatic imine (C=N–C) groups is 1. The summed E-state index contributed by atoms with van der Waals surface area (Å²) in [5.74, 6) is 0.975. The normalized spacial score (nSPS) is 14.9. The second-order valence-electron chi connectivity index (χ2n) is 8.22. The van der Waals surface area contributed by atoms with Gasteiger partial charge in [-0.3, -0.25) is 9.58 Å². The molecule has 0 aliphatic carbocycles. The van der Waals surface area contributed by atoms with Crippen LogP contribution in [0.25, 0.3) is 0 Å². The highest BCUT2D eigenvalue weighted by Gasteiger charge is 2.21. The number of nitrogens with zero attached hydrogens (tertiary/aromatic N) is 6. The van der Waals surface area contributed by atoms with Gasteiger partial charge >= 0.3 is 0 Å². The fourth-order valence-electron chi connectivity index (χ4n) is 4.12. The lowest BCUT2D eigenvalue weighted by Gasteiger charge is -2.36. The van der Waals surface area contributed by atoms with E-state index in [-0.39, 0.29) is 24.0 Å². The van der Waals surface area contributed by atoms with E-state index in [1.807, 2.05) is 12.1 Å². The van der Waals surface area contributed by atoms with Gasteiger partial charge in [0.15, 0.2) is 5.96 Å². The van der Waals surface area contributed by atoms with Crippen molar-refractivity contribution in [3.05, 3.63) is 70.9 Å². The predicted molar refractivity (Wildman–Crippen MR) is 141 cm³/mol. The topological polar surface area (TPSA) is 74.7 Å². The molecule has 0 bridgehead atoms. The quantitative estimate of drug-likeness (QED) is 0.270. The predicted octanol–water partition coefficient (Wildman–Crippen LogP) is 3.44. The monoisotopic (exact) mass is 563 g/mol. The van der Waals surface area contributed by atoms with Crippen molar-refractivity contribution in [1.29, 1.82) is 0 Å². The molecule has 2 aromatic heterocycles. The van der Waals surface area contributed by atoms with Gasteiger partial charge in [-0.05, 0) is 26.3 Å². The molecule has 0 spiro atoms. The first kappa shape index (κ1) is 25.2. The maximum absolute atomic E-state index is 4.98. The Morgan fingerprint density at radius 1 is 1.06 bits per heavy atom. The van der Waals surface area contributed by atoms with Gasteiger partial charge < -0.3 is 14.7 Å². The molecule has 0 atom stereocenters. The lowest BCUT2D eigenvalue weighted by molar-refractivity contribution is 0.169. The summed E-state index contributed by atoms with van der Waals surface area (Å²) in [4.78, 5) is 9.73. The van der Waals surface area contributed by atoms with E-state index in [2.05, 4.69) is 70.0 Å². The number of aromatic nitrogens is 3. The highest BCUT2D eigenvalue weighted by Crippen LogP contribution is 2.16. The van der Waals surface area contributed by atoms with E-state index in [0.717, 1.165) is 63.2 Å². The lowest BCUT2D eigenvalue weighted by Crippen LogP contribution is -2.52. The van der Waals surface area contributed by atoms with Crippen molar-refractivity contribution in [2.24, 2.45) is 4.99 Å². The molecular weight excluding hydrogens is 529 g/mol. The van der Waals surface area contributed by atoms with Crippen LogP contribution in [-0.4, -0.2) is 63.4 Å². The Morgan fingerprint density at radius 2 is 1.82 bits per heavy atom. The van der Waals surface area contributed by atoms with Crippen molar-refractivity contribution in [2.45, 2.75) is 40.4 Å². The number of hydrogen-bond acceptors (Lipinski definition) is 5. The van der Waals surface area contributed by atoms with Gasteiger partial charge in [0, 0.05) is 56.6 Å². The number of hydrogen-bond donors (Lipinski definition) is 1. The smallest absolute Gasteiger partial charge is 0.194 e. The van der Waals surface area contributed by atoms with Gasteiger partial charge in [0.05, 0.1) is 24.5 Å². The molecule has 1 N–H and O–H groups in total. The van der Waals surface area contributed by atoms with Crippen LogP contribution in [0.15, 0.2) is 52.2 Å². The van der Waals surface area contributed by atoms with E-state index in [1.54, 1.807) is 6.26 Å². The summed E-state index contributed by atoms with van der Waals surface area (Å²) in [6.45, 7) is 13.3. The summed E-state index contributed by atoms with van der Waals surface area (Å²) in [6, 6.07) is 12.4. The summed E-state index contributed by atoms with van der Waals surface area (Å²) >= 11 is 0. The SMILES string of the molecule is CCNC(=NCc1c(C)nn(Cc2ccccc2)c1C)N1CCN(Cc2ccon2)CC1.I. The van der Waals surface area contributed by atoms with Gasteiger partial charge in [-0.2, -0.15) is 5.10 Å². The van der Waals surface area contributed by atoms with E-state index in [4.69, 9.17) is 14.6 Å². The third kappa shape index (κ3) is 6.57. The molecule has 8 nitrogen and oxygen atoms in total. The first-order chi connectivity index (χ1) is 15.6. The van der Waals surface area contributed by atoms with Crippen molar-refractivity contribution in [3.63, 3.8) is 0 Å². The minimum atomic E-state index is 0. The molecule has 1 saturated heterocycles. The molecule has 1 fully saturated rings. The zero-order valence-corrected chi connectivity index (χ0v) is 22.0. The molecule has 0 unspecified atom stereocenters. The molecule has 1 aromatic carbocycles. The molecule has 3 aromatic rings. The third-order valence-corrected chi connectivity index (χ3v) is 5.98. The maximum Gasteiger partial charge on any atom is 0.194 e. The molecule has 0 amide bonds. The summed E-state index contributed by atoms with van der Waals surface area (Å²) < 4.78 is 7.04. The van der Waals surface area contributed by atoms with Crippen molar-refractivity contribution in [3.8, 4) is 0 Å². The highest BCUT2D eigenvalue weighted by atomic mass is 127. The van der Waals surface area contributed by atoms with E-state index in [1.165, 1.54) is 16.8 Å². The molecular formula is C24H34IN7O. The van der Waals surface area contributed by atoms with E-state index in [0.29, 0.717) is 6.54 Å². The Morgan fingerprint density at radius 3 is 2.48 bits per heavy atom. The largest absolute Gasteiger partial charge is 0.364 e. The third-order valence-electron chi connectivity index (χ3n) is 5.98. The number of halogens is 1. The van der Waals surface area contributed by atoms with Gasteiger partial charge in [0.25, 0.3) is 0 Å². The van der Waals surface area contributed by atoms with Crippen molar-refractivity contribution in [2.75, 3.05) is 32.7 Å². The summed E-state index contributed by atoms with van der Waals surface area (Å²) in [7, 11) is 0. The summed E-state index contributed by atoms with van der Waals surface area (Å²) in [5.41, 5.74) is 5.68. The summed E-state index contributed by atoms with van der Waals surface area (Å²) in [5, 5.41) is 12.3. The molecule has 3 heterocycles. The molecule has 1 aliphatic rings. The van der Waals surface area contributed by atoms with Crippen LogP contribution in [0.1, 0.15) is 35.1 Å². The van der Waals surface area contributed by atoms with E-state index in [9.17, 15) is 0 Å². The van der Waals surface area contributed by atoms with Crippen LogP contribution in [0.5, 0.6) is 0 Å². The Kier molecular flexibility index (Phi) is 9.30. The van der Waals surface area contributed by atoms with Crippen LogP contribution < -0.4 is 5.32 Å². The second kappa shape index (κ2) is 12.2. The first-order valence-electron chi connectivity index (χ1n) is 11.4. The molecule has 0 saturated carbocycles. The maximum atomic E-state index is 4.98. The minimum Gasteiger partial charge on any atom is -0.364 e. The molecule has 1 aliphatic heterocycles. The van der Waals surface area contributed by atoms with Crippen molar-refractivity contribution >= 4 is 29.9 Å². The zero-order valence-electron chi connectivity index (χ0n) is 19.7. The number of aryl methyl sites for hydroxylation is 1. The van der Waals surface area contributed by atoms with Gasteiger partial charge in [0.2, 0.25) is 0 Å². The van der Waals surface area contributed by atoms with Gasteiger partial charge in [-0.25, -0.2) is 4.99 Å². The average Bonchev–Trinajstić information content (AvgIpc) is 3.41. The summed E-state index contributed by atoms with van der Waals surface area (Å²) in [6.07, 6.45) is 1.63. The van der Waals surface area contributed by atoms with Crippen molar-refractivity contribution < 1.29 is 4.52 Å². The number of guanidine groups is 1. The zero-order chi connectivity index (χ0) is 22.3.